The molecule has 4 aromatic carbocycles. The van der Waals surface area contributed by atoms with Gasteiger partial charge in [-0.2, -0.15) is 0 Å². The Morgan fingerprint density at radius 1 is 0.829 bits per heavy atom. The monoisotopic (exact) mass is 561 g/mol. The first-order valence-corrected chi connectivity index (χ1v) is 15.2. The number of anilines is 2. The number of hydrogen-bond acceptors (Lipinski definition) is 5. The first-order valence-electron chi connectivity index (χ1n) is 13.8. The molecule has 8 heteroatoms. The third-order valence-electron chi connectivity index (χ3n) is 8.69. The van der Waals surface area contributed by atoms with Gasteiger partial charge >= 0.3 is 0 Å². The Kier molecular flexibility index (Phi) is 5.80. The molecule has 7 nitrogen and oxygen atoms in total. The van der Waals surface area contributed by atoms with Crippen molar-refractivity contribution in [1.29, 1.82) is 0 Å². The second kappa shape index (κ2) is 9.31. The van der Waals surface area contributed by atoms with Gasteiger partial charge in [-0.15, -0.1) is 5.10 Å². The Labute approximate surface area is 240 Å². The highest BCUT2D eigenvalue weighted by Crippen LogP contribution is 2.60. The molecule has 41 heavy (non-hydrogen) atoms. The molecule has 0 saturated carbocycles. The Balaban J connectivity index is 1.45. The lowest BCUT2D eigenvalue weighted by molar-refractivity contribution is 0.337. The van der Waals surface area contributed by atoms with Crippen molar-refractivity contribution < 1.29 is 8.42 Å². The van der Waals surface area contributed by atoms with E-state index < -0.39 is 21.6 Å². The Morgan fingerprint density at radius 3 is 2.24 bits per heavy atom. The van der Waals surface area contributed by atoms with Gasteiger partial charge in [-0.3, -0.25) is 0 Å². The zero-order chi connectivity index (χ0) is 28.4. The van der Waals surface area contributed by atoms with E-state index in [0.717, 1.165) is 33.6 Å². The molecule has 0 fully saturated rings. The van der Waals surface area contributed by atoms with Crippen LogP contribution in [-0.2, 0) is 22.0 Å². The largest absolute Gasteiger partial charge is 0.352 e. The average Bonchev–Trinajstić information content (AvgIpc) is 3.52. The number of aromatic nitrogens is 3. The predicted molar refractivity (Wildman–Crippen MR) is 161 cm³/mol. The van der Waals surface area contributed by atoms with Crippen molar-refractivity contribution in [3.63, 3.8) is 0 Å². The number of sulfonamides is 1. The maximum Gasteiger partial charge on any atom is 0.266 e. The summed E-state index contributed by atoms with van der Waals surface area (Å²) in [5.41, 5.74) is 5.99. The fourth-order valence-electron chi connectivity index (χ4n) is 6.85. The summed E-state index contributed by atoms with van der Waals surface area (Å²) in [6.07, 6.45) is 1.49. The Morgan fingerprint density at radius 2 is 1.49 bits per heavy atom. The number of aryl methyl sites for hydroxylation is 1. The highest BCUT2D eigenvalue weighted by Gasteiger charge is 2.61. The predicted octanol–water partition coefficient (Wildman–Crippen LogP) is 5.71. The lowest BCUT2D eigenvalue weighted by Gasteiger charge is -2.51. The van der Waals surface area contributed by atoms with Crippen molar-refractivity contribution in [1.82, 2.24) is 15.0 Å². The molecule has 0 unspecified atom stereocenters. The van der Waals surface area contributed by atoms with Gasteiger partial charge in [0, 0.05) is 30.3 Å². The number of benzene rings is 4. The second-order valence-electron chi connectivity index (χ2n) is 11.2. The van der Waals surface area contributed by atoms with E-state index in [0.29, 0.717) is 12.2 Å². The van der Waals surface area contributed by atoms with Crippen molar-refractivity contribution in [3.05, 3.63) is 137 Å². The van der Waals surface area contributed by atoms with Crippen molar-refractivity contribution in [3.8, 4) is 0 Å². The van der Waals surface area contributed by atoms with Crippen molar-refractivity contribution in [2.75, 3.05) is 16.3 Å². The summed E-state index contributed by atoms with van der Waals surface area (Å²) >= 11 is 0. The van der Waals surface area contributed by atoms with Crippen LogP contribution in [0.25, 0.3) is 0 Å². The van der Waals surface area contributed by atoms with Gasteiger partial charge in [0.05, 0.1) is 22.8 Å². The van der Waals surface area contributed by atoms with Crippen LogP contribution < -0.4 is 9.21 Å². The molecule has 0 spiro atoms. The van der Waals surface area contributed by atoms with Gasteiger partial charge in [-0.05, 0) is 47.9 Å². The van der Waals surface area contributed by atoms with E-state index in [-0.39, 0.29) is 10.8 Å². The Hall–Kier alpha value is -4.43. The number of nitrogens with zero attached hydrogens (tertiary/aromatic N) is 5. The lowest BCUT2D eigenvalue weighted by Crippen LogP contribution is -2.61. The highest BCUT2D eigenvalue weighted by molar-refractivity contribution is 7.92. The molecule has 1 aromatic heterocycles. The third-order valence-corrected chi connectivity index (χ3v) is 10.5. The van der Waals surface area contributed by atoms with Gasteiger partial charge < -0.3 is 4.90 Å². The molecule has 206 valence electrons. The van der Waals surface area contributed by atoms with E-state index in [4.69, 9.17) is 5.10 Å². The molecule has 5 aromatic rings. The van der Waals surface area contributed by atoms with Gasteiger partial charge in [0.1, 0.15) is 6.17 Å². The fraction of sp³-hybridized carbons (Fsp3) is 0.212. The molecule has 2 aliphatic rings. The van der Waals surface area contributed by atoms with Crippen LogP contribution in [0.5, 0.6) is 0 Å². The van der Waals surface area contributed by atoms with Gasteiger partial charge in [-0.25, -0.2) is 17.4 Å². The zero-order valence-corrected chi connectivity index (χ0v) is 24.0. The summed E-state index contributed by atoms with van der Waals surface area (Å²) in [7, 11) is -1.94. The molecule has 0 saturated heterocycles. The van der Waals surface area contributed by atoms with Gasteiger partial charge in [0.25, 0.3) is 10.0 Å². The van der Waals surface area contributed by atoms with E-state index in [1.165, 1.54) is 0 Å². The molecule has 0 amide bonds. The summed E-state index contributed by atoms with van der Waals surface area (Å²) in [4.78, 5) is 2.38. The van der Waals surface area contributed by atoms with E-state index in [1.54, 1.807) is 16.4 Å². The van der Waals surface area contributed by atoms with E-state index in [1.807, 2.05) is 91.6 Å². The molecule has 3 atom stereocenters. The number of likely N-dealkylation sites (N-methyl/N-ethyl adjacent to an activating group) is 1. The maximum atomic E-state index is 14.6. The molecule has 0 radical (unpaired) electrons. The van der Waals surface area contributed by atoms with E-state index in [2.05, 4.69) is 41.3 Å². The first-order chi connectivity index (χ1) is 19.8. The van der Waals surface area contributed by atoms with Gasteiger partial charge in [-0.1, -0.05) is 96.6 Å². The molecule has 3 heterocycles. The number of hydrogen-bond donors (Lipinski definition) is 0. The van der Waals surface area contributed by atoms with Crippen LogP contribution in [-0.4, -0.2) is 36.6 Å². The van der Waals surface area contributed by atoms with Crippen LogP contribution in [0.4, 0.5) is 11.4 Å². The number of fused-ring (bicyclic) bond motifs is 4. The minimum absolute atomic E-state index is 0.233. The topological polar surface area (TPSA) is 71.3 Å². The van der Waals surface area contributed by atoms with Crippen LogP contribution in [0, 0.1) is 6.92 Å². The SMILES string of the molecule is Cc1ccc(S(=O)(=O)N2c3ccccc3[C@@H](c3cn(Cc4ccccc4)nn3)[C@]3(C)c4ccccc4N(C)[C@H]23)cc1. The molecule has 0 bridgehead atoms. The van der Waals surface area contributed by atoms with Crippen LogP contribution in [0.3, 0.4) is 0 Å². The summed E-state index contributed by atoms with van der Waals surface area (Å²) in [5, 5.41) is 9.24. The fourth-order valence-corrected chi connectivity index (χ4v) is 8.60. The summed E-state index contributed by atoms with van der Waals surface area (Å²) in [6.45, 7) is 4.74. The quantitative estimate of drug-likeness (QED) is 0.275. The molecular weight excluding hydrogens is 530 g/mol. The Bertz CT molecular complexity index is 1850. The van der Waals surface area contributed by atoms with E-state index in [9.17, 15) is 8.42 Å². The third kappa shape index (κ3) is 3.81. The van der Waals surface area contributed by atoms with Gasteiger partial charge in [0.2, 0.25) is 0 Å². The highest BCUT2D eigenvalue weighted by atomic mass is 32.2. The maximum absolute atomic E-state index is 14.6. The normalized spacial score (nSPS) is 21.3. The van der Waals surface area contributed by atoms with Crippen LogP contribution >= 0.6 is 0 Å². The lowest BCUT2D eigenvalue weighted by atomic mass is 9.64. The summed E-state index contributed by atoms with van der Waals surface area (Å²) in [5.74, 6) is -0.233. The standard InChI is InChI=1S/C33H31N5O2S/c1-23-17-19-25(20-18-23)41(39,40)38-29-15-9-7-13-26(29)31(28-22-37(35-34-28)21-24-11-5-4-6-12-24)33(2)27-14-8-10-16-30(27)36(3)32(33)38/h4-20,22,31-32H,21H2,1-3H3/t31-,32+,33-/m0/s1. The summed E-state index contributed by atoms with van der Waals surface area (Å²) < 4.78 is 32.6. The van der Waals surface area contributed by atoms with Crippen LogP contribution in [0.15, 0.2) is 114 Å². The number of rotatable bonds is 5. The summed E-state index contributed by atoms with van der Waals surface area (Å²) in [6, 6.07) is 33.4. The minimum atomic E-state index is -3.93. The van der Waals surface area contributed by atoms with E-state index >= 15 is 0 Å². The molecular formula is C33H31N5O2S. The van der Waals surface area contributed by atoms with Crippen LogP contribution in [0.1, 0.15) is 40.8 Å². The van der Waals surface area contributed by atoms with Crippen molar-refractivity contribution >= 4 is 21.4 Å². The zero-order valence-electron chi connectivity index (χ0n) is 23.2. The first kappa shape index (κ1) is 25.5. The second-order valence-corrected chi connectivity index (χ2v) is 13.0. The van der Waals surface area contributed by atoms with Crippen molar-refractivity contribution in [2.24, 2.45) is 0 Å². The number of para-hydroxylation sites is 2. The minimum Gasteiger partial charge on any atom is -0.352 e. The smallest absolute Gasteiger partial charge is 0.266 e. The molecule has 0 aliphatic carbocycles. The molecule has 2 aliphatic heterocycles. The van der Waals surface area contributed by atoms with Crippen molar-refractivity contribution in [2.45, 2.75) is 42.8 Å². The molecule has 0 N–H and O–H groups in total. The van der Waals surface area contributed by atoms with Crippen LogP contribution in [0.2, 0.25) is 0 Å². The molecule has 7 rings (SSSR count). The van der Waals surface area contributed by atoms with Gasteiger partial charge in [0.15, 0.2) is 0 Å². The average molecular weight is 562 g/mol.